The second-order valence-corrected chi connectivity index (χ2v) is 5.98. The van der Waals surface area contributed by atoms with E-state index in [9.17, 15) is 5.11 Å². The Balaban J connectivity index is 1.68. The zero-order chi connectivity index (χ0) is 12.5. The lowest BCUT2D eigenvalue weighted by Gasteiger charge is -2.49. The Bertz CT molecular complexity index is 404. The van der Waals surface area contributed by atoms with Crippen LogP contribution in [0.25, 0.3) is 0 Å². The van der Waals surface area contributed by atoms with E-state index in [1.807, 2.05) is 19.9 Å². The van der Waals surface area contributed by atoms with Crippen molar-refractivity contribution in [1.29, 1.82) is 0 Å². The molecule has 0 aromatic heterocycles. The van der Waals surface area contributed by atoms with Crippen LogP contribution in [0.1, 0.15) is 13.8 Å². The Morgan fingerprint density at radius 3 is 3.06 bits per heavy atom. The molecule has 0 amide bonds. The highest BCUT2D eigenvalue weighted by Crippen LogP contribution is 2.49. The van der Waals surface area contributed by atoms with Crippen LogP contribution in [-0.4, -0.2) is 48.7 Å². The minimum absolute atomic E-state index is 0.0365. The first-order chi connectivity index (χ1) is 8.55. The van der Waals surface area contributed by atoms with E-state index >= 15 is 0 Å². The van der Waals surface area contributed by atoms with E-state index in [-0.39, 0.29) is 30.3 Å². The number of rotatable bonds is 0. The van der Waals surface area contributed by atoms with E-state index in [2.05, 4.69) is 0 Å². The van der Waals surface area contributed by atoms with Gasteiger partial charge in [-0.05, 0) is 19.4 Å². The highest BCUT2D eigenvalue weighted by molar-refractivity contribution is 5.26. The number of ether oxygens (including phenoxy) is 4. The lowest BCUT2D eigenvalue weighted by Crippen LogP contribution is -2.60. The second kappa shape index (κ2) is 3.55. The smallest absolute Gasteiger partial charge is 0.165 e. The molecule has 5 nitrogen and oxygen atoms in total. The molecule has 0 aromatic carbocycles. The number of hydrogen-bond acceptors (Lipinski definition) is 5. The normalized spacial score (nSPS) is 52.7. The molecule has 5 heteroatoms. The van der Waals surface area contributed by atoms with Gasteiger partial charge in [0.2, 0.25) is 0 Å². The van der Waals surface area contributed by atoms with Crippen LogP contribution >= 0.6 is 0 Å². The van der Waals surface area contributed by atoms with Crippen molar-refractivity contribution in [3.05, 3.63) is 11.6 Å². The summed E-state index contributed by atoms with van der Waals surface area (Å²) in [7, 11) is 0. The van der Waals surface area contributed by atoms with E-state index in [0.717, 1.165) is 5.57 Å². The van der Waals surface area contributed by atoms with E-state index in [4.69, 9.17) is 18.9 Å². The van der Waals surface area contributed by atoms with Crippen molar-refractivity contribution in [1.82, 2.24) is 0 Å². The first-order valence-corrected chi connectivity index (χ1v) is 6.53. The van der Waals surface area contributed by atoms with Gasteiger partial charge >= 0.3 is 0 Å². The van der Waals surface area contributed by atoms with Crippen LogP contribution in [0, 0.1) is 11.8 Å². The molecule has 0 radical (unpaired) electrons. The third kappa shape index (κ3) is 1.45. The zero-order valence-corrected chi connectivity index (χ0v) is 10.5. The van der Waals surface area contributed by atoms with Crippen LogP contribution in [0.2, 0.25) is 0 Å². The molecule has 0 aromatic rings. The van der Waals surface area contributed by atoms with Gasteiger partial charge < -0.3 is 24.1 Å². The SMILES string of the molecule is CC1(C)OC[C@H]2O[C@@H]3OCC4=C[C@H](O)[C@H]([C@@H]2O1)[C@@H]43. The molecule has 1 N–H and O–H groups in total. The Morgan fingerprint density at radius 1 is 1.39 bits per heavy atom. The maximum absolute atomic E-state index is 10.2. The topological polar surface area (TPSA) is 57.2 Å². The molecular weight excluding hydrogens is 236 g/mol. The summed E-state index contributed by atoms with van der Waals surface area (Å²) in [5, 5.41) is 10.2. The van der Waals surface area contributed by atoms with Gasteiger partial charge in [0.05, 0.1) is 25.4 Å². The van der Waals surface area contributed by atoms with Gasteiger partial charge in [0.1, 0.15) is 6.10 Å². The highest BCUT2D eigenvalue weighted by atomic mass is 16.8. The Morgan fingerprint density at radius 2 is 2.22 bits per heavy atom. The van der Waals surface area contributed by atoms with Gasteiger partial charge in [-0.2, -0.15) is 0 Å². The minimum Gasteiger partial charge on any atom is -0.389 e. The van der Waals surface area contributed by atoms with Gasteiger partial charge in [0.15, 0.2) is 12.1 Å². The van der Waals surface area contributed by atoms with Crippen molar-refractivity contribution in [2.45, 2.75) is 44.2 Å². The van der Waals surface area contributed by atoms with Crippen LogP contribution in [0.4, 0.5) is 0 Å². The van der Waals surface area contributed by atoms with Crippen molar-refractivity contribution in [3.8, 4) is 0 Å². The molecule has 0 spiro atoms. The van der Waals surface area contributed by atoms with Gasteiger partial charge in [-0.15, -0.1) is 0 Å². The fraction of sp³-hybridized carbons (Fsp3) is 0.846. The van der Waals surface area contributed by atoms with Crippen LogP contribution < -0.4 is 0 Å². The van der Waals surface area contributed by atoms with E-state index in [1.165, 1.54) is 0 Å². The molecule has 4 aliphatic rings. The van der Waals surface area contributed by atoms with Crippen LogP contribution in [0.3, 0.4) is 0 Å². The van der Waals surface area contributed by atoms with Gasteiger partial charge in [0.25, 0.3) is 0 Å². The molecule has 3 aliphatic heterocycles. The summed E-state index contributed by atoms with van der Waals surface area (Å²) in [6.07, 6.45) is 0.937. The summed E-state index contributed by atoms with van der Waals surface area (Å²) in [6.45, 7) is 4.85. The van der Waals surface area contributed by atoms with Crippen molar-refractivity contribution in [3.63, 3.8) is 0 Å². The summed E-state index contributed by atoms with van der Waals surface area (Å²) in [4.78, 5) is 0. The Kier molecular flexibility index (Phi) is 2.24. The van der Waals surface area contributed by atoms with Crippen molar-refractivity contribution >= 4 is 0 Å². The molecular formula is C13H18O5. The van der Waals surface area contributed by atoms with Crippen LogP contribution in [0.15, 0.2) is 11.6 Å². The Labute approximate surface area is 106 Å². The minimum atomic E-state index is -0.612. The zero-order valence-electron chi connectivity index (χ0n) is 10.5. The summed E-state index contributed by atoms with van der Waals surface area (Å²) < 4.78 is 23.2. The molecule has 100 valence electrons. The first-order valence-electron chi connectivity index (χ1n) is 6.53. The molecule has 3 heterocycles. The fourth-order valence-electron chi connectivity index (χ4n) is 3.64. The van der Waals surface area contributed by atoms with Crippen LogP contribution in [-0.2, 0) is 18.9 Å². The van der Waals surface area contributed by atoms with Crippen molar-refractivity contribution < 1.29 is 24.1 Å². The highest BCUT2D eigenvalue weighted by Gasteiger charge is 2.58. The van der Waals surface area contributed by atoms with Gasteiger partial charge in [-0.25, -0.2) is 0 Å². The predicted molar refractivity (Wildman–Crippen MR) is 60.6 cm³/mol. The van der Waals surface area contributed by atoms with Gasteiger partial charge in [-0.3, -0.25) is 0 Å². The largest absolute Gasteiger partial charge is 0.389 e. The lowest BCUT2D eigenvalue weighted by molar-refractivity contribution is -0.363. The molecule has 0 bridgehead atoms. The maximum atomic E-state index is 10.2. The summed E-state index contributed by atoms with van der Waals surface area (Å²) in [6, 6.07) is 0. The molecule has 3 saturated heterocycles. The molecule has 18 heavy (non-hydrogen) atoms. The van der Waals surface area contributed by atoms with Crippen molar-refractivity contribution in [2.24, 2.45) is 11.8 Å². The molecule has 3 fully saturated rings. The molecule has 6 atom stereocenters. The van der Waals surface area contributed by atoms with Crippen molar-refractivity contribution in [2.75, 3.05) is 13.2 Å². The van der Waals surface area contributed by atoms with Crippen LogP contribution in [0.5, 0.6) is 0 Å². The predicted octanol–water partition coefficient (Wildman–Crippen LogP) is 0.426. The second-order valence-electron chi connectivity index (χ2n) is 5.98. The Hall–Kier alpha value is -0.460. The molecule has 0 saturated carbocycles. The number of fused-ring (bicyclic) bond motifs is 2. The average Bonchev–Trinajstić information content (AvgIpc) is 2.82. The number of aliphatic hydroxyl groups is 1. The summed E-state index contributed by atoms with van der Waals surface area (Å²) >= 11 is 0. The lowest BCUT2D eigenvalue weighted by atomic mass is 9.81. The molecule has 4 rings (SSSR count). The monoisotopic (exact) mass is 254 g/mol. The van der Waals surface area contributed by atoms with E-state index in [0.29, 0.717) is 13.2 Å². The summed E-state index contributed by atoms with van der Waals surface area (Å²) in [5.41, 5.74) is 1.16. The summed E-state index contributed by atoms with van der Waals surface area (Å²) in [5.74, 6) is -0.427. The molecule has 0 unspecified atom stereocenters. The molecule has 1 aliphatic carbocycles. The average molecular weight is 254 g/mol. The van der Waals surface area contributed by atoms with E-state index in [1.54, 1.807) is 0 Å². The number of aliphatic hydroxyl groups excluding tert-OH is 1. The third-order valence-corrected chi connectivity index (χ3v) is 4.40. The quantitative estimate of drug-likeness (QED) is 0.635. The maximum Gasteiger partial charge on any atom is 0.165 e. The first kappa shape index (κ1) is 11.4. The van der Waals surface area contributed by atoms with E-state index < -0.39 is 11.9 Å². The van der Waals surface area contributed by atoms with Gasteiger partial charge in [-0.1, -0.05) is 6.08 Å². The standard InChI is InChI=1S/C13H18O5/c1-13(2)16-5-8-11(18-13)10-7(14)3-6-4-15-12(17-8)9(6)10/h3,7-12,14H,4-5H2,1-2H3/t7-,8+,9+,10-,11+,12-/m0/s1. The third-order valence-electron chi connectivity index (χ3n) is 4.40. The van der Waals surface area contributed by atoms with Gasteiger partial charge in [0, 0.05) is 11.8 Å². The number of hydrogen-bond donors (Lipinski definition) is 1. The fourth-order valence-corrected chi connectivity index (χ4v) is 3.64.